The number of nitrogens with zero attached hydrogens (tertiary/aromatic N) is 2. The summed E-state index contributed by atoms with van der Waals surface area (Å²) in [5, 5.41) is 6.56. The second-order valence-corrected chi connectivity index (χ2v) is 4.95. The molecule has 0 bridgehead atoms. The van der Waals surface area contributed by atoms with Gasteiger partial charge in [-0.25, -0.2) is 4.68 Å². The van der Waals surface area contributed by atoms with Crippen LogP contribution in [0.1, 0.15) is 11.1 Å². The maximum Gasteiger partial charge on any atom is 0.0956 e. The molecule has 2 nitrogen and oxygen atoms in total. The molecule has 1 heterocycles. The van der Waals surface area contributed by atoms with Crippen LogP contribution in [0.3, 0.4) is 0 Å². The number of benzene rings is 2. The van der Waals surface area contributed by atoms with E-state index in [-0.39, 0.29) is 0 Å². The van der Waals surface area contributed by atoms with Crippen LogP contribution in [0.25, 0.3) is 16.6 Å². The van der Waals surface area contributed by atoms with Crippen molar-refractivity contribution in [2.24, 2.45) is 0 Å². The molecule has 18 heavy (non-hydrogen) atoms. The molecule has 0 aliphatic carbocycles. The van der Waals surface area contributed by atoms with Crippen molar-refractivity contribution in [3.8, 4) is 5.69 Å². The van der Waals surface area contributed by atoms with Gasteiger partial charge in [-0.1, -0.05) is 29.8 Å². The molecule has 3 aromatic rings. The van der Waals surface area contributed by atoms with Gasteiger partial charge in [-0.2, -0.15) is 5.10 Å². The van der Waals surface area contributed by atoms with Gasteiger partial charge in [0.2, 0.25) is 0 Å². The average Bonchev–Trinajstić information content (AvgIpc) is 2.74. The first-order valence-electron chi connectivity index (χ1n) is 5.87. The maximum absolute atomic E-state index is 5.98. The summed E-state index contributed by atoms with van der Waals surface area (Å²) in [6.45, 7) is 4.12. The predicted molar refractivity (Wildman–Crippen MR) is 75.6 cm³/mol. The van der Waals surface area contributed by atoms with E-state index in [0.717, 1.165) is 27.2 Å². The van der Waals surface area contributed by atoms with E-state index in [9.17, 15) is 0 Å². The number of hydrogen-bond acceptors (Lipinski definition) is 1. The van der Waals surface area contributed by atoms with Crippen molar-refractivity contribution in [1.29, 1.82) is 0 Å². The van der Waals surface area contributed by atoms with Crippen LogP contribution < -0.4 is 0 Å². The van der Waals surface area contributed by atoms with E-state index in [4.69, 9.17) is 11.6 Å². The molecule has 0 atom stereocenters. The molecule has 2 aromatic carbocycles. The van der Waals surface area contributed by atoms with Crippen LogP contribution in [0.5, 0.6) is 0 Å². The number of aryl methyl sites for hydroxylation is 2. The minimum absolute atomic E-state index is 0.754. The summed E-state index contributed by atoms with van der Waals surface area (Å²) in [5.41, 5.74) is 4.42. The molecule has 0 saturated carbocycles. The van der Waals surface area contributed by atoms with Gasteiger partial charge in [0.1, 0.15) is 0 Å². The normalized spacial score (nSPS) is 11.1. The van der Waals surface area contributed by atoms with E-state index in [0.29, 0.717) is 0 Å². The largest absolute Gasteiger partial charge is 0.239 e. The summed E-state index contributed by atoms with van der Waals surface area (Å²) in [6, 6.07) is 12.1. The van der Waals surface area contributed by atoms with Crippen molar-refractivity contribution in [1.82, 2.24) is 9.78 Å². The molecule has 0 saturated heterocycles. The van der Waals surface area contributed by atoms with Crippen molar-refractivity contribution in [3.63, 3.8) is 0 Å². The lowest BCUT2D eigenvalue weighted by Crippen LogP contribution is -1.97. The van der Waals surface area contributed by atoms with Gasteiger partial charge in [0.15, 0.2) is 0 Å². The highest BCUT2D eigenvalue weighted by Crippen LogP contribution is 2.22. The van der Waals surface area contributed by atoms with Gasteiger partial charge in [0.25, 0.3) is 0 Å². The Kier molecular flexibility index (Phi) is 2.60. The summed E-state index contributed by atoms with van der Waals surface area (Å²) in [7, 11) is 0. The summed E-state index contributed by atoms with van der Waals surface area (Å²) in [4.78, 5) is 0. The van der Waals surface area contributed by atoms with E-state index in [2.05, 4.69) is 36.4 Å². The molecular weight excluding hydrogens is 244 g/mol. The molecule has 0 aliphatic heterocycles. The van der Waals surface area contributed by atoms with Crippen LogP contribution in [0.2, 0.25) is 5.02 Å². The molecule has 0 radical (unpaired) electrons. The van der Waals surface area contributed by atoms with Crippen LogP contribution in [-0.4, -0.2) is 9.78 Å². The van der Waals surface area contributed by atoms with E-state index in [1.165, 1.54) is 5.56 Å². The molecular formula is C15H13ClN2. The summed E-state index contributed by atoms with van der Waals surface area (Å²) in [5.74, 6) is 0. The van der Waals surface area contributed by atoms with Crippen LogP contribution in [-0.2, 0) is 0 Å². The molecule has 0 spiro atoms. The summed E-state index contributed by atoms with van der Waals surface area (Å²) >= 11 is 5.98. The molecule has 0 aliphatic rings. The zero-order chi connectivity index (χ0) is 12.7. The van der Waals surface area contributed by atoms with Crippen molar-refractivity contribution < 1.29 is 0 Å². The first-order chi connectivity index (χ1) is 8.65. The molecule has 90 valence electrons. The number of halogens is 1. The average molecular weight is 257 g/mol. The minimum atomic E-state index is 0.754. The van der Waals surface area contributed by atoms with E-state index in [1.807, 2.05) is 29.8 Å². The predicted octanol–water partition coefficient (Wildman–Crippen LogP) is 4.30. The van der Waals surface area contributed by atoms with E-state index >= 15 is 0 Å². The van der Waals surface area contributed by atoms with E-state index < -0.39 is 0 Å². The molecule has 1 aromatic heterocycles. The lowest BCUT2D eigenvalue weighted by atomic mass is 10.2. The lowest BCUT2D eigenvalue weighted by molar-refractivity contribution is 0.886. The van der Waals surface area contributed by atoms with Gasteiger partial charge in [-0.05, 0) is 43.2 Å². The van der Waals surface area contributed by atoms with Crippen molar-refractivity contribution in [2.45, 2.75) is 13.8 Å². The molecule has 0 unspecified atom stereocenters. The van der Waals surface area contributed by atoms with Gasteiger partial charge in [0.05, 0.1) is 11.2 Å². The Labute approximate surface area is 111 Å². The second kappa shape index (κ2) is 4.14. The Morgan fingerprint density at radius 3 is 2.61 bits per heavy atom. The molecule has 0 N–H and O–H groups in total. The Hall–Kier alpha value is -1.80. The molecule has 3 heteroatoms. The third-order valence-corrected chi connectivity index (χ3v) is 3.38. The maximum atomic E-state index is 5.98. The smallest absolute Gasteiger partial charge is 0.0956 e. The highest BCUT2D eigenvalue weighted by Gasteiger charge is 2.06. The minimum Gasteiger partial charge on any atom is -0.239 e. The Morgan fingerprint density at radius 1 is 1.06 bits per heavy atom. The Morgan fingerprint density at radius 2 is 1.89 bits per heavy atom. The lowest BCUT2D eigenvalue weighted by Gasteiger charge is -2.05. The fourth-order valence-electron chi connectivity index (χ4n) is 2.19. The molecule has 3 rings (SSSR count). The number of aromatic nitrogens is 2. The SMILES string of the molecule is Cc1cc(Cl)ccc1-n1cc2cccc(C)c2n1. The monoisotopic (exact) mass is 256 g/mol. The van der Waals surface area contributed by atoms with Gasteiger partial charge in [-0.15, -0.1) is 0 Å². The Bertz CT molecular complexity index is 728. The number of fused-ring (bicyclic) bond motifs is 1. The zero-order valence-electron chi connectivity index (χ0n) is 10.3. The highest BCUT2D eigenvalue weighted by atomic mass is 35.5. The van der Waals surface area contributed by atoms with Crippen molar-refractivity contribution in [2.75, 3.05) is 0 Å². The third kappa shape index (κ3) is 1.79. The molecule has 0 fully saturated rings. The molecule has 0 amide bonds. The van der Waals surface area contributed by atoms with Gasteiger partial charge < -0.3 is 0 Å². The summed E-state index contributed by atoms with van der Waals surface area (Å²) in [6.07, 6.45) is 2.05. The third-order valence-electron chi connectivity index (χ3n) is 3.14. The quantitative estimate of drug-likeness (QED) is 0.635. The van der Waals surface area contributed by atoms with Gasteiger partial charge >= 0.3 is 0 Å². The summed E-state index contributed by atoms with van der Waals surface area (Å²) < 4.78 is 1.92. The van der Waals surface area contributed by atoms with Crippen LogP contribution in [0, 0.1) is 13.8 Å². The van der Waals surface area contributed by atoms with E-state index in [1.54, 1.807) is 0 Å². The van der Waals surface area contributed by atoms with Crippen LogP contribution in [0.4, 0.5) is 0 Å². The fraction of sp³-hybridized carbons (Fsp3) is 0.133. The first-order valence-corrected chi connectivity index (χ1v) is 6.24. The first kappa shape index (κ1) is 11.3. The Balaban J connectivity index is 2.23. The van der Waals surface area contributed by atoms with Crippen LogP contribution in [0.15, 0.2) is 42.6 Å². The standard InChI is InChI=1S/C15H13ClN2/c1-10-4-3-5-12-9-18(17-15(10)12)14-7-6-13(16)8-11(14)2/h3-9H,1-2H3. The highest BCUT2D eigenvalue weighted by molar-refractivity contribution is 6.30. The van der Waals surface area contributed by atoms with Crippen molar-refractivity contribution in [3.05, 3.63) is 58.7 Å². The van der Waals surface area contributed by atoms with Gasteiger partial charge in [-0.3, -0.25) is 0 Å². The second-order valence-electron chi connectivity index (χ2n) is 4.52. The number of rotatable bonds is 1. The number of hydrogen-bond donors (Lipinski definition) is 0. The van der Waals surface area contributed by atoms with Crippen molar-refractivity contribution >= 4 is 22.5 Å². The van der Waals surface area contributed by atoms with Crippen LogP contribution >= 0.6 is 11.6 Å². The van der Waals surface area contributed by atoms with Gasteiger partial charge in [0, 0.05) is 16.6 Å². The topological polar surface area (TPSA) is 17.8 Å². The zero-order valence-corrected chi connectivity index (χ0v) is 11.1. The fourth-order valence-corrected chi connectivity index (χ4v) is 2.42.